The molecule has 6 aliphatic rings. The van der Waals surface area contributed by atoms with Crippen LogP contribution >= 0.6 is 15.9 Å². The van der Waals surface area contributed by atoms with Gasteiger partial charge in [0, 0.05) is 16.7 Å². The molecule has 0 aromatic heterocycles. The summed E-state index contributed by atoms with van der Waals surface area (Å²) in [5.41, 5.74) is -0.420. The zero-order valence-corrected chi connectivity index (χ0v) is 12.6. The summed E-state index contributed by atoms with van der Waals surface area (Å²) < 4.78 is 0. The summed E-state index contributed by atoms with van der Waals surface area (Å²) in [4.78, 5) is 0.202. The van der Waals surface area contributed by atoms with Gasteiger partial charge in [-0.2, -0.15) is 0 Å². The number of benzene rings is 1. The van der Waals surface area contributed by atoms with Crippen LogP contribution < -0.4 is 0 Å². The van der Waals surface area contributed by atoms with Crippen molar-refractivity contribution in [3.8, 4) is 0 Å². The fourth-order valence-corrected chi connectivity index (χ4v) is 9.06. The van der Waals surface area contributed by atoms with Gasteiger partial charge in [-0.1, -0.05) is 46.3 Å². The third-order valence-corrected chi connectivity index (χ3v) is 9.05. The molecule has 6 saturated carbocycles. The van der Waals surface area contributed by atoms with Crippen LogP contribution in [0.2, 0.25) is 0 Å². The summed E-state index contributed by atoms with van der Waals surface area (Å²) in [6.45, 7) is 0. The first-order valence-electron chi connectivity index (χ1n) is 7.75. The topological polar surface area (TPSA) is 40.5 Å². The van der Waals surface area contributed by atoms with Crippen molar-refractivity contribution < 1.29 is 10.2 Å². The van der Waals surface area contributed by atoms with E-state index in [0.29, 0.717) is 29.6 Å². The van der Waals surface area contributed by atoms with E-state index in [1.54, 1.807) is 0 Å². The van der Waals surface area contributed by atoms with Crippen molar-refractivity contribution in [3.63, 3.8) is 0 Å². The Morgan fingerprint density at radius 1 is 1.00 bits per heavy atom. The predicted molar refractivity (Wildman–Crippen MR) is 77.1 cm³/mol. The summed E-state index contributed by atoms with van der Waals surface area (Å²) >= 11 is 3.81. The van der Waals surface area contributed by atoms with E-state index in [9.17, 15) is 10.2 Å². The average Bonchev–Trinajstić information content (AvgIpc) is 3.16. The monoisotopic (exact) mass is 332 g/mol. The second-order valence-electron chi connectivity index (χ2n) is 7.73. The predicted octanol–water partition coefficient (Wildman–Crippen LogP) is 2.14. The molecule has 0 amide bonds. The van der Waals surface area contributed by atoms with Crippen molar-refractivity contribution in [2.75, 3.05) is 0 Å². The molecule has 0 saturated heterocycles. The largest absolute Gasteiger partial charge is 0.388 e. The molecule has 0 aliphatic heterocycles. The van der Waals surface area contributed by atoms with Crippen LogP contribution in [0.3, 0.4) is 0 Å². The minimum absolute atomic E-state index is 0.0468. The van der Waals surface area contributed by atoms with Crippen molar-refractivity contribution in [1.29, 1.82) is 0 Å². The van der Waals surface area contributed by atoms with Crippen LogP contribution in [0.5, 0.6) is 0 Å². The van der Waals surface area contributed by atoms with Crippen molar-refractivity contribution >= 4 is 15.9 Å². The van der Waals surface area contributed by atoms with Crippen LogP contribution in [0.1, 0.15) is 12.0 Å². The van der Waals surface area contributed by atoms with E-state index < -0.39 is 11.2 Å². The van der Waals surface area contributed by atoms with Gasteiger partial charge in [-0.15, -0.1) is 0 Å². The van der Waals surface area contributed by atoms with Gasteiger partial charge in [0.15, 0.2) is 0 Å². The standard InChI is InChI=1S/C17H17BrO2/c18-15-11-9-6-8-10(11)14-16(19,7-4-2-1-3-5-7)12(8)13(9)17(14,15)20/h1-5,8-15,19-20H,6H2. The van der Waals surface area contributed by atoms with E-state index in [1.807, 2.05) is 18.2 Å². The lowest BCUT2D eigenvalue weighted by Gasteiger charge is -2.38. The molecule has 6 aliphatic carbocycles. The SMILES string of the molecule is OC1(c2ccccc2)C2C3CC4C5C3C1C(O)(C5Br)C42. The van der Waals surface area contributed by atoms with Gasteiger partial charge in [-0.05, 0) is 41.6 Å². The van der Waals surface area contributed by atoms with E-state index >= 15 is 0 Å². The van der Waals surface area contributed by atoms with Crippen molar-refractivity contribution in [3.05, 3.63) is 35.9 Å². The third-order valence-electron chi connectivity index (χ3n) is 7.70. The number of hydrogen-bond acceptors (Lipinski definition) is 2. The fourth-order valence-electron chi connectivity index (χ4n) is 7.73. The fraction of sp³-hybridized carbons (Fsp3) is 0.647. The normalized spacial score (nSPS) is 67.0. The molecule has 7 rings (SSSR count). The lowest BCUT2D eigenvalue weighted by atomic mass is 9.69. The second-order valence-corrected chi connectivity index (χ2v) is 8.71. The number of halogens is 1. The number of alkyl halides is 1. The first kappa shape index (κ1) is 11.2. The van der Waals surface area contributed by atoms with Gasteiger partial charge in [0.1, 0.15) is 0 Å². The Kier molecular flexibility index (Phi) is 1.63. The van der Waals surface area contributed by atoms with E-state index in [2.05, 4.69) is 28.1 Å². The molecule has 0 heterocycles. The van der Waals surface area contributed by atoms with Crippen LogP contribution in [0.4, 0.5) is 0 Å². The van der Waals surface area contributed by atoms with Crippen LogP contribution in [-0.4, -0.2) is 20.6 Å². The molecular formula is C17H17BrO2. The van der Waals surface area contributed by atoms with E-state index in [0.717, 1.165) is 5.56 Å². The highest BCUT2D eigenvalue weighted by atomic mass is 79.9. The molecule has 10 unspecified atom stereocenters. The molecule has 0 spiro atoms. The Balaban J connectivity index is 1.65. The van der Waals surface area contributed by atoms with Crippen LogP contribution in [0.25, 0.3) is 0 Å². The Hall–Kier alpha value is -0.380. The van der Waals surface area contributed by atoms with Crippen molar-refractivity contribution in [2.45, 2.75) is 22.5 Å². The highest BCUT2D eigenvalue weighted by molar-refractivity contribution is 9.09. The molecule has 104 valence electrons. The van der Waals surface area contributed by atoms with Crippen molar-refractivity contribution in [1.82, 2.24) is 0 Å². The maximum atomic E-state index is 11.6. The summed E-state index contributed by atoms with van der Waals surface area (Å²) in [6, 6.07) is 10.1. The summed E-state index contributed by atoms with van der Waals surface area (Å²) in [5, 5.41) is 23.0. The summed E-state index contributed by atoms with van der Waals surface area (Å²) in [7, 11) is 0. The van der Waals surface area contributed by atoms with E-state index in [4.69, 9.17) is 0 Å². The molecular weight excluding hydrogens is 316 g/mol. The minimum atomic E-state index is -0.790. The third kappa shape index (κ3) is 0.768. The lowest BCUT2D eigenvalue weighted by Crippen LogP contribution is -2.47. The van der Waals surface area contributed by atoms with E-state index in [-0.39, 0.29) is 16.7 Å². The highest BCUT2D eigenvalue weighted by Crippen LogP contribution is 2.88. The van der Waals surface area contributed by atoms with Gasteiger partial charge < -0.3 is 10.2 Å². The van der Waals surface area contributed by atoms with Gasteiger partial charge in [0.05, 0.1) is 11.2 Å². The molecule has 3 heteroatoms. The minimum Gasteiger partial charge on any atom is -0.388 e. The highest BCUT2D eigenvalue weighted by Gasteiger charge is 2.92. The van der Waals surface area contributed by atoms with Crippen LogP contribution in [0, 0.1) is 41.4 Å². The zero-order valence-electron chi connectivity index (χ0n) is 11.0. The second kappa shape index (κ2) is 2.90. The summed E-state index contributed by atoms with van der Waals surface area (Å²) in [5.74, 6) is 3.09. The molecule has 6 fully saturated rings. The smallest absolute Gasteiger partial charge is 0.0989 e. The number of hydrogen-bond donors (Lipinski definition) is 2. The average molecular weight is 333 g/mol. The molecule has 2 nitrogen and oxygen atoms in total. The van der Waals surface area contributed by atoms with Gasteiger partial charge in [0.25, 0.3) is 0 Å². The first-order chi connectivity index (χ1) is 9.61. The van der Waals surface area contributed by atoms with Crippen LogP contribution in [0.15, 0.2) is 30.3 Å². The summed E-state index contributed by atoms with van der Waals surface area (Å²) in [6.07, 6.45) is 1.24. The molecule has 1 aromatic rings. The first-order valence-corrected chi connectivity index (χ1v) is 8.67. The Morgan fingerprint density at radius 3 is 2.40 bits per heavy atom. The number of aliphatic hydroxyl groups is 2. The maximum absolute atomic E-state index is 11.6. The Bertz CT molecular complexity index is 631. The maximum Gasteiger partial charge on any atom is 0.0989 e. The quantitative estimate of drug-likeness (QED) is 0.773. The molecule has 10 atom stereocenters. The molecule has 2 N–H and O–H groups in total. The van der Waals surface area contributed by atoms with Gasteiger partial charge in [-0.25, -0.2) is 0 Å². The van der Waals surface area contributed by atoms with Gasteiger partial charge in [-0.3, -0.25) is 0 Å². The van der Waals surface area contributed by atoms with Crippen LogP contribution in [-0.2, 0) is 5.60 Å². The van der Waals surface area contributed by atoms with E-state index in [1.165, 1.54) is 6.42 Å². The Labute approximate surface area is 126 Å². The molecule has 1 aromatic carbocycles. The Morgan fingerprint density at radius 2 is 1.70 bits per heavy atom. The molecule has 0 radical (unpaired) electrons. The van der Waals surface area contributed by atoms with Gasteiger partial charge in [0.2, 0.25) is 0 Å². The molecule has 20 heavy (non-hydrogen) atoms. The molecule has 6 bridgehead atoms. The lowest BCUT2D eigenvalue weighted by molar-refractivity contribution is -0.0777. The van der Waals surface area contributed by atoms with Gasteiger partial charge >= 0.3 is 0 Å². The number of rotatable bonds is 1. The zero-order chi connectivity index (χ0) is 13.4. The van der Waals surface area contributed by atoms with Crippen molar-refractivity contribution in [2.24, 2.45) is 41.4 Å².